The Morgan fingerprint density at radius 1 is 1.60 bits per heavy atom. The van der Waals surface area contributed by atoms with Crippen LogP contribution in [0.3, 0.4) is 0 Å². The van der Waals surface area contributed by atoms with Crippen LogP contribution in [-0.2, 0) is 11.3 Å². The normalized spacial score (nSPS) is 10.5. The van der Waals surface area contributed by atoms with Gasteiger partial charge < -0.3 is 10.1 Å². The van der Waals surface area contributed by atoms with Crippen molar-refractivity contribution in [2.75, 3.05) is 19.8 Å². The minimum atomic E-state index is 0.666. The van der Waals surface area contributed by atoms with Crippen molar-refractivity contribution in [2.24, 2.45) is 0 Å². The van der Waals surface area contributed by atoms with Crippen LogP contribution in [0.4, 0.5) is 0 Å². The Balaban J connectivity index is 2.03. The monoisotopic (exact) mass is 225 g/mol. The Morgan fingerprint density at radius 2 is 2.40 bits per heavy atom. The summed E-state index contributed by atoms with van der Waals surface area (Å²) in [4.78, 5) is 1.41. The fourth-order valence-electron chi connectivity index (χ4n) is 1.18. The van der Waals surface area contributed by atoms with Gasteiger partial charge in [-0.25, -0.2) is 0 Å². The highest BCUT2D eigenvalue weighted by Crippen LogP contribution is 2.14. The highest BCUT2D eigenvalue weighted by molar-refractivity contribution is 7.10. The van der Waals surface area contributed by atoms with Crippen LogP contribution in [0.2, 0.25) is 0 Å². The summed E-state index contributed by atoms with van der Waals surface area (Å²) in [7, 11) is 0. The quantitative estimate of drug-likeness (QED) is 0.569. The molecule has 0 amide bonds. The lowest BCUT2D eigenvalue weighted by Crippen LogP contribution is -2.19. The fraction of sp³-hybridized carbons (Fsp3) is 0.500. The summed E-state index contributed by atoms with van der Waals surface area (Å²) < 4.78 is 5.39. The van der Waals surface area contributed by atoms with Crippen molar-refractivity contribution in [3.63, 3.8) is 0 Å². The molecule has 1 rings (SSSR count). The maximum atomic E-state index is 5.39. The largest absolute Gasteiger partial charge is 0.376 e. The van der Waals surface area contributed by atoms with E-state index in [1.165, 1.54) is 10.4 Å². The molecule has 0 aliphatic carbocycles. The van der Waals surface area contributed by atoms with Crippen molar-refractivity contribution in [3.8, 4) is 0 Å². The first kappa shape index (κ1) is 12.4. The van der Waals surface area contributed by atoms with Gasteiger partial charge in [-0.3, -0.25) is 0 Å². The van der Waals surface area contributed by atoms with Crippen LogP contribution in [0.5, 0.6) is 0 Å². The number of aryl methyl sites for hydroxylation is 1. The number of ether oxygens (including phenoxy) is 1. The maximum Gasteiger partial charge on any atom is 0.0672 e. The van der Waals surface area contributed by atoms with Crippen molar-refractivity contribution in [3.05, 3.63) is 34.0 Å². The number of hydrogen-bond acceptors (Lipinski definition) is 3. The van der Waals surface area contributed by atoms with Crippen LogP contribution < -0.4 is 5.32 Å². The Hall–Kier alpha value is -0.640. The van der Waals surface area contributed by atoms with Gasteiger partial charge in [-0.2, -0.15) is 0 Å². The highest BCUT2D eigenvalue weighted by Gasteiger charge is 1.98. The van der Waals surface area contributed by atoms with Crippen molar-refractivity contribution < 1.29 is 4.74 Å². The number of rotatable bonds is 7. The van der Waals surface area contributed by atoms with Gasteiger partial charge in [0.25, 0.3) is 0 Å². The Kier molecular flexibility index (Phi) is 5.61. The summed E-state index contributed by atoms with van der Waals surface area (Å²) >= 11 is 1.80. The third-order valence-electron chi connectivity index (χ3n) is 2.03. The van der Waals surface area contributed by atoms with E-state index in [2.05, 4.69) is 30.3 Å². The zero-order valence-corrected chi connectivity index (χ0v) is 10.3. The van der Waals surface area contributed by atoms with Gasteiger partial charge >= 0.3 is 0 Å². The molecule has 15 heavy (non-hydrogen) atoms. The third-order valence-corrected chi connectivity index (χ3v) is 3.05. The molecule has 0 saturated carbocycles. The van der Waals surface area contributed by atoms with Crippen molar-refractivity contribution in [2.45, 2.75) is 20.4 Å². The summed E-state index contributed by atoms with van der Waals surface area (Å²) in [5, 5.41) is 5.49. The van der Waals surface area contributed by atoms with E-state index in [0.717, 1.165) is 25.3 Å². The third kappa shape index (κ3) is 5.11. The van der Waals surface area contributed by atoms with E-state index >= 15 is 0 Å². The van der Waals surface area contributed by atoms with Crippen molar-refractivity contribution in [1.29, 1.82) is 0 Å². The molecule has 1 aromatic heterocycles. The fourth-order valence-corrected chi connectivity index (χ4v) is 2.05. The minimum absolute atomic E-state index is 0.666. The Labute approximate surface area is 96.0 Å². The van der Waals surface area contributed by atoms with Crippen molar-refractivity contribution >= 4 is 11.3 Å². The van der Waals surface area contributed by atoms with Gasteiger partial charge in [0.2, 0.25) is 0 Å². The first-order chi connectivity index (χ1) is 7.20. The summed E-state index contributed by atoms with van der Waals surface area (Å²) in [6, 6.07) is 2.15. The molecule has 1 N–H and O–H groups in total. The molecular formula is C12H19NOS. The molecular weight excluding hydrogens is 206 g/mol. The second-order valence-electron chi connectivity index (χ2n) is 3.71. The summed E-state index contributed by atoms with van der Waals surface area (Å²) in [6.45, 7) is 11.2. The molecule has 84 valence electrons. The molecule has 0 bridgehead atoms. The lowest BCUT2D eigenvalue weighted by Gasteiger charge is -2.05. The average molecular weight is 225 g/mol. The first-order valence-electron chi connectivity index (χ1n) is 5.16. The molecule has 0 radical (unpaired) electrons. The molecule has 0 aliphatic heterocycles. The minimum Gasteiger partial charge on any atom is -0.376 e. The van der Waals surface area contributed by atoms with E-state index in [1.807, 2.05) is 6.92 Å². The van der Waals surface area contributed by atoms with Crippen LogP contribution in [0.1, 0.15) is 17.4 Å². The van der Waals surface area contributed by atoms with Gasteiger partial charge in [-0.1, -0.05) is 12.2 Å². The summed E-state index contributed by atoms with van der Waals surface area (Å²) in [6.07, 6.45) is 0. The van der Waals surface area contributed by atoms with Gasteiger partial charge in [0.15, 0.2) is 0 Å². The van der Waals surface area contributed by atoms with E-state index in [-0.39, 0.29) is 0 Å². The SMILES string of the molecule is C=C(C)COCCNCc1sccc1C. The molecule has 1 aromatic rings. The zero-order chi connectivity index (χ0) is 11.1. The number of thiophene rings is 1. The Bertz CT molecular complexity index is 306. The second kappa shape index (κ2) is 6.77. The molecule has 0 unspecified atom stereocenters. The summed E-state index contributed by atoms with van der Waals surface area (Å²) in [5.74, 6) is 0. The lowest BCUT2D eigenvalue weighted by atomic mass is 10.3. The topological polar surface area (TPSA) is 21.3 Å². The molecule has 0 spiro atoms. The van der Waals surface area contributed by atoms with Crippen LogP contribution in [0.25, 0.3) is 0 Å². The summed E-state index contributed by atoms with van der Waals surface area (Å²) in [5.41, 5.74) is 2.44. The van der Waals surface area contributed by atoms with E-state index in [9.17, 15) is 0 Å². The van der Waals surface area contributed by atoms with E-state index in [4.69, 9.17) is 4.74 Å². The molecule has 1 heterocycles. The van der Waals surface area contributed by atoms with Crippen LogP contribution in [0, 0.1) is 6.92 Å². The van der Waals surface area contributed by atoms with Crippen LogP contribution in [-0.4, -0.2) is 19.8 Å². The zero-order valence-electron chi connectivity index (χ0n) is 9.51. The molecule has 0 saturated heterocycles. The average Bonchev–Trinajstić information content (AvgIpc) is 2.57. The van der Waals surface area contributed by atoms with Crippen LogP contribution >= 0.6 is 11.3 Å². The van der Waals surface area contributed by atoms with Crippen LogP contribution in [0.15, 0.2) is 23.6 Å². The van der Waals surface area contributed by atoms with E-state index in [0.29, 0.717) is 6.61 Å². The smallest absolute Gasteiger partial charge is 0.0672 e. The molecule has 0 fully saturated rings. The molecule has 0 atom stereocenters. The predicted molar refractivity (Wildman–Crippen MR) is 66.4 cm³/mol. The Morgan fingerprint density at radius 3 is 3.00 bits per heavy atom. The lowest BCUT2D eigenvalue weighted by molar-refractivity contribution is 0.158. The predicted octanol–water partition coefficient (Wildman–Crippen LogP) is 2.74. The number of hydrogen-bond donors (Lipinski definition) is 1. The molecule has 0 aromatic carbocycles. The molecule has 3 heteroatoms. The van der Waals surface area contributed by atoms with Gasteiger partial charge in [-0.15, -0.1) is 11.3 Å². The van der Waals surface area contributed by atoms with Gasteiger partial charge in [0.05, 0.1) is 13.2 Å². The molecule has 0 aliphatic rings. The highest BCUT2D eigenvalue weighted by atomic mass is 32.1. The molecule has 2 nitrogen and oxygen atoms in total. The van der Waals surface area contributed by atoms with E-state index < -0.39 is 0 Å². The first-order valence-corrected chi connectivity index (χ1v) is 6.04. The second-order valence-corrected chi connectivity index (χ2v) is 4.71. The number of nitrogens with one attached hydrogen (secondary N) is 1. The maximum absolute atomic E-state index is 5.39. The standard InChI is InChI=1S/C12H19NOS/c1-10(2)9-14-6-5-13-8-12-11(3)4-7-15-12/h4,7,13H,1,5-6,8-9H2,2-3H3. The van der Waals surface area contributed by atoms with E-state index in [1.54, 1.807) is 11.3 Å². The van der Waals surface area contributed by atoms with Gasteiger partial charge in [0, 0.05) is 18.0 Å². The van der Waals surface area contributed by atoms with Crippen molar-refractivity contribution in [1.82, 2.24) is 5.32 Å². The van der Waals surface area contributed by atoms with Gasteiger partial charge in [-0.05, 0) is 30.9 Å². The van der Waals surface area contributed by atoms with Gasteiger partial charge in [0.1, 0.15) is 0 Å².